The molecule has 0 radical (unpaired) electrons. The number of carbonyl (C=O) groups is 1. The van der Waals surface area contributed by atoms with Crippen molar-refractivity contribution < 1.29 is 14.3 Å². The highest BCUT2D eigenvalue weighted by Gasteiger charge is 2.23. The SMILES string of the molecule is COc1cccc(C(=O)NC[C@H]2CCCN(Cc3c[nH]c4ccccc34)C2)c1OC. The molecule has 1 aliphatic heterocycles. The smallest absolute Gasteiger partial charge is 0.255 e. The largest absolute Gasteiger partial charge is 0.493 e. The first-order chi connectivity index (χ1) is 14.7. The number of likely N-dealkylation sites (tertiary alicyclic amines) is 1. The Hall–Kier alpha value is -2.99. The Kier molecular flexibility index (Phi) is 6.23. The maximum Gasteiger partial charge on any atom is 0.255 e. The van der Waals surface area contributed by atoms with E-state index in [1.807, 2.05) is 0 Å². The van der Waals surface area contributed by atoms with Crippen molar-refractivity contribution in [1.82, 2.24) is 15.2 Å². The second kappa shape index (κ2) is 9.22. The minimum absolute atomic E-state index is 0.125. The zero-order valence-electron chi connectivity index (χ0n) is 17.6. The molecule has 6 nitrogen and oxygen atoms in total. The van der Waals surface area contributed by atoms with Gasteiger partial charge >= 0.3 is 0 Å². The van der Waals surface area contributed by atoms with Crippen LogP contribution in [0.25, 0.3) is 10.9 Å². The fourth-order valence-electron chi connectivity index (χ4n) is 4.36. The third-order valence-electron chi connectivity index (χ3n) is 5.87. The maximum absolute atomic E-state index is 12.8. The van der Waals surface area contributed by atoms with Gasteiger partial charge in [-0.1, -0.05) is 24.3 Å². The Bertz CT molecular complexity index is 1010. The van der Waals surface area contributed by atoms with Crippen molar-refractivity contribution in [3.8, 4) is 11.5 Å². The van der Waals surface area contributed by atoms with Gasteiger partial charge in [-0.25, -0.2) is 0 Å². The fourth-order valence-corrected chi connectivity index (χ4v) is 4.36. The number of fused-ring (bicyclic) bond motifs is 1. The van der Waals surface area contributed by atoms with Crippen molar-refractivity contribution >= 4 is 16.8 Å². The van der Waals surface area contributed by atoms with E-state index in [1.165, 1.54) is 16.5 Å². The minimum Gasteiger partial charge on any atom is -0.493 e. The first-order valence-electron chi connectivity index (χ1n) is 10.5. The van der Waals surface area contributed by atoms with E-state index in [0.29, 0.717) is 29.5 Å². The predicted molar refractivity (Wildman–Crippen MR) is 118 cm³/mol. The van der Waals surface area contributed by atoms with Crippen LogP contribution in [0.4, 0.5) is 0 Å². The summed E-state index contributed by atoms with van der Waals surface area (Å²) in [4.78, 5) is 18.6. The molecule has 6 heteroatoms. The lowest BCUT2D eigenvalue weighted by molar-refractivity contribution is 0.0927. The molecule has 0 saturated carbocycles. The van der Waals surface area contributed by atoms with Gasteiger partial charge < -0.3 is 19.8 Å². The van der Waals surface area contributed by atoms with Gasteiger partial charge in [-0.3, -0.25) is 9.69 Å². The van der Waals surface area contributed by atoms with Crippen LogP contribution in [0.15, 0.2) is 48.7 Å². The molecule has 1 aliphatic rings. The average molecular weight is 408 g/mol. The van der Waals surface area contributed by atoms with Gasteiger partial charge in [-0.05, 0) is 49.1 Å². The van der Waals surface area contributed by atoms with Gasteiger partial charge in [0.15, 0.2) is 11.5 Å². The second-order valence-electron chi connectivity index (χ2n) is 7.85. The van der Waals surface area contributed by atoms with E-state index in [2.05, 4.69) is 45.7 Å². The van der Waals surface area contributed by atoms with Crippen LogP contribution in [0, 0.1) is 5.92 Å². The third kappa shape index (κ3) is 4.28. The highest BCUT2D eigenvalue weighted by Crippen LogP contribution is 2.30. The molecular weight excluding hydrogens is 378 g/mol. The quantitative estimate of drug-likeness (QED) is 0.625. The van der Waals surface area contributed by atoms with E-state index in [-0.39, 0.29) is 5.91 Å². The van der Waals surface area contributed by atoms with Crippen LogP contribution in [-0.2, 0) is 6.54 Å². The molecule has 2 aromatic carbocycles. The highest BCUT2D eigenvalue weighted by atomic mass is 16.5. The molecule has 1 atom stereocenters. The fraction of sp³-hybridized carbons (Fsp3) is 0.375. The van der Waals surface area contributed by atoms with Crippen molar-refractivity contribution in [1.29, 1.82) is 0 Å². The molecule has 4 rings (SSSR count). The first-order valence-corrected chi connectivity index (χ1v) is 10.5. The van der Waals surface area contributed by atoms with E-state index in [1.54, 1.807) is 32.4 Å². The number of benzene rings is 2. The number of para-hydroxylation sites is 2. The Morgan fingerprint density at radius 2 is 2.03 bits per heavy atom. The molecule has 1 aromatic heterocycles. The van der Waals surface area contributed by atoms with Crippen LogP contribution in [-0.4, -0.2) is 49.6 Å². The summed E-state index contributed by atoms with van der Waals surface area (Å²) in [6, 6.07) is 13.8. The Labute approximate surface area is 177 Å². The number of carbonyl (C=O) groups excluding carboxylic acids is 1. The molecule has 0 unspecified atom stereocenters. The number of rotatable bonds is 7. The first kappa shape index (κ1) is 20.3. The van der Waals surface area contributed by atoms with Crippen LogP contribution in [0.5, 0.6) is 11.5 Å². The summed E-state index contributed by atoms with van der Waals surface area (Å²) in [6.45, 7) is 3.66. The summed E-state index contributed by atoms with van der Waals surface area (Å²) in [6.07, 6.45) is 4.39. The number of H-pyrrole nitrogens is 1. The Balaban J connectivity index is 1.36. The lowest BCUT2D eigenvalue weighted by atomic mass is 9.97. The minimum atomic E-state index is -0.125. The maximum atomic E-state index is 12.8. The summed E-state index contributed by atoms with van der Waals surface area (Å²) >= 11 is 0. The van der Waals surface area contributed by atoms with Gasteiger partial charge in [0.2, 0.25) is 0 Å². The van der Waals surface area contributed by atoms with Crippen LogP contribution < -0.4 is 14.8 Å². The molecule has 2 N–H and O–H groups in total. The highest BCUT2D eigenvalue weighted by molar-refractivity contribution is 5.97. The zero-order chi connectivity index (χ0) is 20.9. The molecule has 1 saturated heterocycles. The normalized spacial score (nSPS) is 17.1. The van der Waals surface area contributed by atoms with E-state index in [0.717, 1.165) is 32.5 Å². The number of nitrogens with one attached hydrogen (secondary N) is 2. The van der Waals surface area contributed by atoms with Gasteiger partial charge in [0.1, 0.15) is 0 Å². The lowest BCUT2D eigenvalue weighted by Crippen LogP contribution is -2.40. The predicted octanol–water partition coefficient (Wildman–Crippen LogP) is 3.83. The van der Waals surface area contributed by atoms with Crippen molar-refractivity contribution in [2.75, 3.05) is 33.9 Å². The van der Waals surface area contributed by atoms with Crippen LogP contribution >= 0.6 is 0 Å². The number of amides is 1. The number of ether oxygens (including phenoxy) is 2. The summed E-state index contributed by atoms with van der Waals surface area (Å²) in [5.41, 5.74) is 3.01. The second-order valence-corrected chi connectivity index (χ2v) is 7.85. The molecule has 3 aromatic rings. The van der Waals surface area contributed by atoms with E-state index < -0.39 is 0 Å². The van der Waals surface area contributed by atoms with Crippen molar-refractivity contribution in [2.45, 2.75) is 19.4 Å². The summed E-state index contributed by atoms with van der Waals surface area (Å²) in [5.74, 6) is 1.35. The number of methoxy groups -OCH3 is 2. The summed E-state index contributed by atoms with van der Waals surface area (Å²) in [5, 5.41) is 4.39. The van der Waals surface area contributed by atoms with E-state index in [9.17, 15) is 4.79 Å². The topological polar surface area (TPSA) is 66.6 Å². The molecule has 2 heterocycles. The van der Waals surface area contributed by atoms with Crippen molar-refractivity contribution in [2.24, 2.45) is 5.92 Å². The van der Waals surface area contributed by atoms with Gasteiger partial charge in [0, 0.05) is 36.7 Å². The van der Waals surface area contributed by atoms with Crippen molar-refractivity contribution in [3.63, 3.8) is 0 Å². The van der Waals surface area contributed by atoms with Gasteiger partial charge in [0.05, 0.1) is 19.8 Å². The number of aromatic nitrogens is 1. The van der Waals surface area contributed by atoms with Crippen LogP contribution in [0.2, 0.25) is 0 Å². The number of aromatic amines is 1. The molecule has 1 fully saturated rings. The van der Waals surface area contributed by atoms with E-state index in [4.69, 9.17) is 9.47 Å². The number of hydrogen-bond donors (Lipinski definition) is 2. The van der Waals surface area contributed by atoms with Crippen LogP contribution in [0.1, 0.15) is 28.8 Å². The number of nitrogens with zero attached hydrogens (tertiary/aromatic N) is 1. The summed E-state index contributed by atoms with van der Waals surface area (Å²) < 4.78 is 10.7. The molecule has 1 amide bonds. The zero-order valence-corrected chi connectivity index (χ0v) is 17.6. The van der Waals surface area contributed by atoms with Gasteiger partial charge in [-0.15, -0.1) is 0 Å². The Morgan fingerprint density at radius 1 is 1.17 bits per heavy atom. The van der Waals surface area contributed by atoms with Gasteiger partial charge in [-0.2, -0.15) is 0 Å². The van der Waals surface area contributed by atoms with Gasteiger partial charge in [0.25, 0.3) is 5.91 Å². The number of piperidine rings is 1. The average Bonchev–Trinajstić information content (AvgIpc) is 3.20. The third-order valence-corrected chi connectivity index (χ3v) is 5.87. The molecule has 158 valence electrons. The Morgan fingerprint density at radius 3 is 2.87 bits per heavy atom. The summed E-state index contributed by atoms with van der Waals surface area (Å²) in [7, 11) is 3.13. The standard InChI is InChI=1S/C24H29N3O3/c1-29-22-11-5-9-20(23(22)30-2)24(28)26-13-17-7-6-12-27(15-17)16-18-14-25-21-10-4-3-8-19(18)21/h3-5,8-11,14,17,25H,6-7,12-13,15-16H2,1-2H3,(H,26,28)/t17-/m1/s1. The molecular formula is C24H29N3O3. The van der Waals surface area contributed by atoms with Crippen molar-refractivity contribution in [3.05, 3.63) is 59.8 Å². The number of hydrogen-bond acceptors (Lipinski definition) is 4. The molecule has 30 heavy (non-hydrogen) atoms. The molecule has 0 aliphatic carbocycles. The van der Waals surface area contributed by atoms with Crippen LogP contribution in [0.3, 0.4) is 0 Å². The molecule has 0 bridgehead atoms. The lowest BCUT2D eigenvalue weighted by Gasteiger charge is -2.32. The monoisotopic (exact) mass is 407 g/mol. The molecule has 0 spiro atoms. The van der Waals surface area contributed by atoms with E-state index >= 15 is 0 Å².